The molecule has 0 saturated carbocycles. The molecule has 0 amide bonds. The number of aromatic nitrogens is 1. The van der Waals surface area contributed by atoms with Crippen molar-refractivity contribution in [3.63, 3.8) is 0 Å². The second-order valence-electron chi connectivity index (χ2n) is 3.56. The molecule has 6 heteroatoms. The number of ether oxygens (including phenoxy) is 1. The lowest BCUT2D eigenvalue weighted by Crippen LogP contribution is -1.91. The van der Waals surface area contributed by atoms with Gasteiger partial charge in [-0.05, 0) is 36.8 Å². The Bertz CT molecular complexity index is 601. The largest absolute Gasteiger partial charge is 0.437 e. The van der Waals surface area contributed by atoms with Crippen LogP contribution in [-0.4, -0.2) is 4.98 Å². The highest BCUT2D eigenvalue weighted by molar-refractivity contribution is 6.42. The molecule has 0 saturated heterocycles. The third-order valence-electron chi connectivity index (χ3n) is 2.20. The third-order valence-corrected chi connectivity index (χ3v) is 3.57. The van der Waals surface area contributed by atoms with Gasteiger partial charge in [-0.3, -0.25) is 0 Å². The van der Waals surface area contributed by atoms with E-state index in [9.17, 15) is 0 Å². The molecule has 0 fully saturated rings. The van der Waals surface area contributed by atoms with Gasteiger partial charge in [0.25, 0.3) is 0 Å². The molecule has 1 aromatic heterocycles. The zero-order valence-corrected chi connectivity index (χ0v) is 12.2. The number of hydrogen-bond donors (Lipinski definition) is 0. The van der Waals surface area contributed by atoms with Crippen molar-refractivity contribution in [3.8, 4) is 11.6 Å². The van der Waals surface area contributed by atoms with Gasteiger partial charge in [0.05, 0.1) is 5.02 Å². The maximum atomic E-state index is 5.97. The van der Waals surface area contributed by atoms with E-state index in [1.54, 1.807) is 18.2 Å². The Morgan fingerprint density at radius 2 is 1.67 bits per heavy atom. The van der Waals surface area contributed by atoms with Crippen molar-refractivity contribution >= 4 is 46.4 Å². The summed E-state index contributed by atoms with van der Waals surface area (Å²) >= 11 is 23.5. The van der Waals surface area contributed by atoms with Gasteiger partial charge >= 0.3 is 0 Å². The first-order valence-corrected chi connectivity index (χ1v) is 6.44. The van der Waals surface area contributed by atoms with Crippen molar-refractivity contribution in [2.24, 2.45) is 0 Å². The summed E-state index contributed by atoms with van der Waals surface area (Å²) in [7, 11) is 0. The molecule has 2 aromatic rings. The second-order valence-corrected chi connectivity index (χ2v) is 5.14. The second kappa shape index (κ2) is 5.54. The van der Waals surface area contributed by atoms with Crippen molar-refractivity contribution in [3.05, 3.63) is 50.0 Å². The fourth-order valence-electron chi connectivity index (χ4n) is 1.29. The number of aryl methyl sites for hydroxylation is 1. The SMILES string of the molecule is Cc1cc(Oc2nc(Cl)c(Cl)cc2Cl)ccc1Cl. The molecule has 2 nitrogen and oxygen atoms in total. The molecule has 1 aromatic carbocycles. The predicted molar refractivity (Wildman–Crippen MR) is 75.5 cm³/mol. The van der Waals surface area contributed by atoms with Crippen LogP contribution in [0.3, 0.4) is 0 Å². The van der Waals surface area contributed by atoms with Crippen LogP contribution < -0.4 is 4.74 Å². The van der Waals surface area contributed by atoms with E-state index in [0.717, 1.165) is 5.56 Å². The summed E-state index contributed by atoms with van der Waals surface area (Å²) in [6.45, 7) is 1.87. The van der Waals surface area contributed by atoms with Gasteiger partial charge in [-0.1, -0.05) is 46.4 Å². The van der Waals surface area contributed by atoms with E-state index >= 15 is 0 Å². The van der Waals surface area contributed by atoms with E-state index in [1.165, 1.54) is 6.07 Å². The minimum Gasteiger partial charge on any atom is -0.437 e. The number of pyridine rings is 1. The van der Waals surface area contributed by atoms with Crippen molar-refractivity contribution in [2.75, 3.05) is 0 Å². The van der Waals surface area contributed by atoms with Crippen LogP contribution in [0.25, 0.3) is 0 Å². The van der Waals surface area contributed by atoms with Crippen LogP contribution in [-0.2, 0) is 0 Å². The summed E-state index contributed by atoms with van der Waals surface area (Å²) in [6.07, 6.45) is 0. The Balaban J connectivity index is 2.34. The standard InChI is InChI=1S/C12H7Cl4NO/c1-6-4-7(2-3-8(6)13)18-12-10(15)5-9(14)11(16)17-12/h2-5H,1H3. The molecule has 0 unspecified atom stereocenters. The monoisotopic (exact) mass is 321 g/mol. The Morgan fingerprint density at radius 3 is 2.33 bits per heavy atom. The topological polar surface area (TPSA) is 22.1 Å². The Labute approximate surface area is 124 Å². The summed E-state index contributed by atoms with van der Waals surface area (Å²) in [5.41, 5.74) is 0.894. The molecular weight excluding hydrogens is 316 g/mol. The van der Waals surface area contributed by atoms with Crippen LogP contribution in [0.2, 0.25) is 20.2 Å². The van der Waals surface area contributed by atoms with Gasteiger partial charge in [0.15, 0.2) is 5.15 Å². The van der Waals surface area contributed by atoms with Gasteiger partial charge in [-0.2, -0.15) is 4.98 Å². The minimum absolute atomic E-state index is 0.141. The Kier molecular flexibility index (Phi) is 4.23. The molecule has 94 valence electrons. The normalized spacial score (nSPS) is 10.5. The fourth-order valence-corrected chi connectivity index (χ4v) is 1.94. The van der Waals surface area contributed by atoms with Crippen LogP contribution in [0.5, 0.6) is 11.6 Å². The van der Waals surface area contributed by atoms with Crippen LogP contribution in [0, 0.1) is 6.92 Å². The minimum atomic E-state index is 0.141. The summed E-state index contributed by atoms with van der Waals surface area (Å²) in [5.74, 6) is 0.775. The molecule has 0 atom stereocenters. The first-order valence-electron chi connectivity index (χ1n) is 4.93. The zero-order valence-electron chi connectivity index (χ0n) is 9.18. The fraction of sp³-hybridized carbons (Fsp3) is 0.0833. The molecular formula is C12H7Cl4NO. The van der Waals surface area contributed by atoms with Crippen molar-refractivity contribution in [1.82, 2.24) is 4.98 Å². The van der Waals surface area contributed by atoms with Crippen LogP contribution in [0.15, 0.2) is 24.3 Å². The smallest absolute Gasteiger partial charge is 0.239 e. The molecule has 0 spiro atoms. The van der Waals surface area contributed by atoms with Crippen LogP contribution in [0.1, 0.15) is 5.56 Å². The van der Waals surface area contributed by atoms with Crippen molar-refractivity contribution in [1.29, 1.82) is 0 Å². The van der Waals surface area contributed by atoms with Crippen molar-refractivity contribution in [2.45, 2.75) is 6.92 Å². The number of hydrogen-bond acceptors (Lipinski definition) is 2. The first kappa shape index (κ1) is 13.8. The molecule has 0 radical (unpaired) electrons. The maximum absolute atomic E-state index is 5.97. The highest BCUT2D eigenvalue weighted by atomic mass is 35.5. The van der Waals surface area contributed by atoms with E-state index in [2.05, 4.69) is 4.98 Å². The zero-order chi connectivity index (χ0) is 13.3. The molecule has 2 rings (SSSR count). The van der Waals surface area contributed by atoms with Gasteiger partial charge in [0, 0.05) is 5.02 Å². The van der Waals surface area contributed by atoms with Gasteiger partial charge in [-0.15, -0.1) is 0 Å². The lowest BCUT2D eigenvalue weighted by molar-refractivity contribution is 0.463. The van der Waals surface area contributed by atoms with Crippen LogP contribution in [0.4, 0.5) is 0 Å². The molecule has 0 aliphatic rings. The van der Waals surface area contributed by atoms with E-state index in [4.69, 9.17) is 51.1 Å². The summed E-state index contributed by atoms with van der Waals surface area (Å²) in [4.78, 5) is 3.97. The summed E-state index contributed by atoms with van der Waals surface area (Å²) in [6, 6.07) is 6.72. The van der Waals surface area contributed by atoms with E-state index in [-0.39, 0.29) is 21.1 Å². The third kappa shape index (κ3) is 3.01. The van der Waals surface area contributed by atoms with Crippen molar-refractivity contribution < 1.29 is 4.74 Å². The quantitative estimate of drug-likeness (QED) is 0.652. The molecule has 0 bridgehead atoms. The number of nitrogens with zero attached hydrogens (tertiary/aromatic N) is 1. The molecule has 1 heterocycles. The predicted octanol–water partition coefficient (Wildman–Crippen LogP) is 5.80. The van der Waals surface area contributed by atoms with Crippen LogP contribution >= 0.6 is 46.4 Å². The lowest BCUT2D eigenvalue weighted by atomic mass is 10.2. The summed E-state index contributed by atoms with van der Waals surface area (Å²) in [5, 5.41) is 1.37. The maximum Gasteiger partial charge on any atom is 0.239 e. The van der Waals surface area contributed by atoms with Gasteiger partial charge in [-0.25, -0.2) is 0 Å². The molecule has 0 aliphatic carbocycles. The highest BCUT2D eigenvalue weighted by Crippen LogP contribution is 2.33. The molecule has 0 aliphatic heterocycles. The Hall–Kier alpha value is -0.670. The highest BCUT2D eigenvalue weighted by Gasteiger charge is 2.10. The average Bonchev–Trinajstić information content (AvgIpc) is 2.31. The number of benzene rings is 1. The molecule has 18 heavy (non-hydrogen) atoms. The van der Waals surface area contributed by atoms with E-state index in [0.29, 0.717) is 10.8 Å². The lowest BCUT2D eigenvalue weighted by Gasteiger charge is -2.08. The number of rotatable bonds is 2. The summed E-state index contributed by atoms with van der Waals surface area (Å²) < 4.78 is 5.54. The Morgan fingerprint density at radius 1 is 0.944 bits per heavy atom. The van der Waals surface area contributed by atoms with Gasteiger partial charge in [0.2, 0.25) is 5.88 Å². The van der Waals surface area contributed by atoms with E-state index in [1.807, 2.05) is 6.92 Å². The van der Waals surface area contributed by atoms with Gasteiger partial charge < -0.3 is 4.74 Å². The first-order chi connectivity index (χ1) is 8.47. The number of halogens is 4. The van der Waals surface area contributed by atoms with E-state index < -0.39 is 0 Å². The average molecular weight is 323 g/mol. The van der Waals surface area contributed by atoms with Gasteiger partial charge in [0.1, 0.15) is 10.8 Å². The molecule has 0 N–H and O–H groups in total.